The molecule has 58 heavy (non-hydrogen) atoms. The Bertz CT molecular complexity index is 3430. The minimum absolute atomic E-state index is 0.129. The lowest BCUT2D eigenvalue weighted by molar-refractivity contribution is 0.661. The van der Waals surface area contributed by atoms with E-state index in [4.69, 9.17) is 9.97 Å². The van der Waals surface area contributed by atoms with E-state index in [1.165, 1.54) is 86.3 Å². The van der Waals surface area contributed by atoms with Crippen LogP contribution in [-0.2, 0) is 5.41 Å². The number of aromatic nitrogens is 2. The van der Waals surface area contributed by atoms with Gasteiger partial charge in [-0.15, -0.1) is 11.3 Å². The fourth-order valence-electron chi connectivity index (χ4n) is 9.80. The van der Waals surface area contributed by atoms with E-state index in [0.717, 1.165) is 45.9 Å². The van der Waals surface area contributed by atoms with E-state index >= 15 is 0 Å². The smallest absolute Gasteiger partial charge is 0.0979 e. The van der Waals surface area contributed by atoms with Gasteiger partial charge >= 0.3 is 0 Å². The van der Waals surface area contributed by atoms with Crippen LogP contribution in [0.15, 0.2) is 164 Å². The van der Waals surface area contributed by atoms with Crippen molar-refractivity contribution in [1.29, 1.82) is 0 Å². The van der Waals surface area contributed by atoms with E-state index in [-0.39, 0.29) is 5.41 Å². The topological polar surface area (TPSA) is 25.8 Å². The number of hydrogen-bond donors (Lipinski definition) is 0. The average molecular weight is 759 g/mol. The molecule has 0 unspecified atom stereocenters. The van der Waals surface area contributed by atoms with Crippen molar-refractivity contribution in [3.05, 3.63) is 190 Å². The first-order chi connectivity index (χ1) is 28.5. The summed E-state index contributed by atoms with van der Waals surface area (Å²) in [7, 11) is 0. The Labute approximate surface area is 341 Å². The Morgan fingerprint density at radius 2 is 1.02 bits per heavy atom. The molecule has 10 aromatic rings. The van der Waals surface area contributed by atoms with Crippen molar-refractivity contribution >= 4 is 65.7 Å². The summed E-state index contributed by atoms with van der Waals surface area (Å²) in [6.45, 7) is 4.75. The summed E-state index contributed by atoms with van der Waals surface area (Å²) >= 11 is 1.94. The third kappa shape index (κ3) is 5.03. The first kappa shape index (κ1) is 33.5. The van der Waals surface area contributed by atoms with Crippen molar-refractivity contribution in [2.24, 2.45) is 0 Å². The summed E-state index contributed by atoms with van der Waals surface area (Å²) in [5.41, 5.74) is 16.9. The Balaban J connectivity index is 0.846. The lowest BCUT2D eigenvalue weighted by atomic mass is 9.80. The van der Waals surface area contributed by atoms with E-state index in [2.05, 4.69) is 178 Å². The number of benzene rings is 8. The second-order valence-electron chi connectivity index (χ2n) is 16.4. The molecule has 0 spiro atoms. The van der Waals surface area contributed by atoms with Crippen molar-refractivity contribution in [2.75, 3.05) is 0 Å². The van der Waals surface area contributed by atoms with Gasteiger partial charge < -0.3 is 0 Å². The minimum Gasteiger partial charge on any atom is -0.252 e. The summed E-state index contributed by atoms with van der Waals surface area (Å²) in [6.07, 6.45) is 6.53. The molecule has 0 saturated carbocycles. The van der Waals surface area contributed by atoms with Crippen LogP contribution in [0.5, 0.6) is 0 Å². The second kappa shape index (κ2) is 12.7. The number of thiophene rings is 1. The maximum atomic E-state index is 5.22. The lowest BCUT2D eigenvalue weighted by Crippen LogP contribution is -2.24. The zero-order chi connectivity index (χ0) is 38.5. The van der Waals surface area contributed by atoms with Crippen LogP contribution in [0, 0.1) is 0 Å². The molecule has 2 heterocycles. The number of fused-ring (bicyclic) bond motifs is 12. The van der Waals surface area contributed by atoms with Gasteiger partial charge in [-0.25, -0.2) is 4.98 Å². The molecule has 2 nitrogen and oxygen atoms in total. The standard InChI is InChI=1S/C55H38N2S/c1-55(2)48-30-37(33-18-22-35(23-19-33)39-15-9-16-47-44-12-7-8-17-51(44)58-54(39)47)26-28-42(48)43-29-27-38(31-49(43)55)34-20-24-36(25-21-34)50-32-56-52-45-13-5-3-10-40(45)41-11-4-6-14-46(41)53(52)57-50/h3-8,10-14,16-32H,9,15H2,1-2H3. The minimum atomic E-state index is -0.129. The molecular weight excluding hydrogens is 721 g/mol. The predicted octanol–water partition coefficient (Wildman–Crippen LogP) is 13.2. The molecule has 0 amide bonds. The summed E-state index contributed by atoms with van der Waals surface area (Å²) in [5.74, 6) is 0. The summed E-state index contributed by atoms with van der Waals surface area (Å²) in [4.78, 5) is 10.2. The van der Waals surface area contributed by atoms with Gasteiger partial charge in [-0.2, -0.15) is 0 Å². The highest BCUT2D eigenvalue weighted by Gasteiger charge is 2.36. The molecule has 0 atom stereocenters. The molecule has 0 radical (unpaired) electrons. The normalized spacial score (nSPS) is 14.1. The van der Waals surface area contributed by atoms with Gasteiger partial charge in [0.05, 0.1) is 22.9 Å². The van der Waals surface area contributed by atoms with Gasteiger partial charge in [-0.3, -0.25) is 4.98 Å². The Morgan fingerprint density at radius 3 is 1.66 bits per heavy atom. The average Bonchev–Trinajstić information content (AvgIpc) is 3.78. The van der Waals surface area contributed by atoms with Crippen molar-refractivity contribution < 1.29 is 0 Å². The number of nitrogens with zero attached hydrogens (tertiary/aromatic N) is 2. The van der Waals surface area contributed by atoms with Gasteiger partial charge in [0, 0.05) is 31.0 Å². The number of hydrogen-bond acceptors (Lipinski definition) is 3. The Hall–Kier alpha value is -6.68. The van der Waals surface area contributed by atoms with E-state index in [1.807, 2.05) is 17.5 Å². The molecule has 0 bridgehead atoms. The molecular formula is C55H38N2S. The Morgan fingerprint density at radius 1 is 0.500 bits per heavy atom. The SMILES string of the molecule is CC1(C)c2cc(-c3ccc(C4=c5sc6ccccc6c5=CCC4)cc3)ccc2-c2ccc(-c3ccc(-c4cnc5c6ccccc6c6ccccc6c5n4)cc3)cc21. The van der Waals surface area contributed by atoms with Crippen LogP contribution >= 0.6 is 11.3 Å². The van der Waals surface area contributed by atoms with Gasteiger partial charge in [0.25, 0.3) is 0 Å². The maximum Gasteiger partial charge on any atom is 0.0979 e. The molecule has 2 aromatic heterocycles. The first-order valence-corrected chi connectivity index (χ1v) is 21.1. The fraction of sp³-hybridized carbons (Fsp3) is 0.0909. The molecule has 274 valence electrons. The van der Waals surface area contributed by atoms with Crippen LogP contribution in [0.25, 0.3) is 99.0 Å². The largest absolute Gasteiger partial charge is 0.252 e. The highest BCUT2D eigenvalue weighted by molar-refractivity contribution is 7.17. The Kier molecular flexibility index (Phi) is 7.30. The maximum absolute atomic E-state index is 5.22. The molecule has 8 aromatic carbocycles. The molecule has 2 aliphatic carbocycles. The van der Waals surface area contributed by atoms with E-state index in [9.17, 15) is 0 Å². The number of rotatable bonds is 4. The van der Waals surface area contributed by atoms with Gasteiger partial charge in [0.2, 0.25) is 0 Å². The van der Waals surface area contributed by atoms with Gasteiger partial charge in [-0.05, 0) is 108 Å². The third-order valence-electron chi connectivity index (χ3n) is 12.8. The van der Waals surface area contributed by atoms with Gasteiger partial charge in [-0.1, -0.05) is 159 Å². The van der Waals surface area contributed by atoms with Gasteiger partial charge in [0.1, 0.15) is 0 Å². The molecule has 0 aliphatic heterocycles. The lowest BCUT2D eigenvalue weighted by Gasteiger charge is -2.22. The van der Waals surface area contributed by atoms with Crippen LogP contribution < -0.4 is 9.75 Å². The predicted molar refractivity (Wildman–Crippen MR) is 246 cm³/mol. The fourth-order valence-corrected chi connectivity index (χ4v) is 11.1. The van der Waals surface area contributed by atoms with Crippen LogP contribution in [0.3, 0.4) is 0 Å². The van der Waals surface area contributed by atoms with E-state index in [1.54, 1.807) is 0 Å². The van der Waals surface area contributed by atoms with Crippen molar-refractivity contribution in [1.82, 2.24) is 9.97 Å². The second-order valence-corrected chi connectivity index (χ2v) is 17.5. The van der Waals surface area contributed by atoms with Crippen LogP contribution in [0.1, 0.15) is 43.4 Å². The van der Waals surface area contributed by atoms with Gasteiger partial charge in [0.15, 0.2) is 0 Å². The highest BCUT2D eigenvalue weighted by atomic mass is 32.1. The van der Waals surface area contributed by atoms with Crippen LogP contribution in [-0.4, -0.2) is 9.97 Å². The van der Waals surface area contributed by atoms with Crippen molar-refractivity contribution in [3.8, 4) is 44.6 Å². The molecule has 0 saturated heterocycles. The molecule has 2 aliphatic rings. The third-order valence-corrected chi connectivity index (χ3v) is 14.1. The summed E-state index contributed by atoms with van der Waals surface area (Å²) in [6, 6.07) is 58.1. The molecule has 0 N–H and O–H groups in total. The van der Waals surface area contributed by atoms with E-state index in [0.29, 0.717) is 0 Å². The quantitative estimate of drug-likeness (QED) is 0.167. The molecule has 12 rings (SSSR count). The zero-order valence-corrected chi connectivity index (χ0v) is 33.2. The summed E-state index contributed by atoms with van der Waals surface area (Å²) < 4.78 is 2.82. The molecule has 0 fully saturated rings. The summed E-state index contributed by atoms with van der Waals surface area (Å²) in [5, 5.41) is 7.50. The monoisotopic (exact) mass is 758 g/mol. The van der Waals surface area contributed by atoms with Crippen molar-refractivity contribution in [2.45, 2.75) is 32.1 Å². The first-order valence-electron chi connectivity index (χ1n) is 20.3. The van der Waals surface area contributed by atoms with Crippen LogP contribution in [0.2, 0.25) is 0 Å². The zero-order valence-electron chi connectivity index (χ0n) is 32.4. The van der Waals surface area contributed by atoms with Crippen LogP contribution in [0.4, 0.5) is 0 Å². The van der Waals surface area contributed by atoms with E-state index < -0.39 is 0 Å². The van der Waals surface area contributed by atoms with Crippen molar-refractivity contribution in [3.63, 3.8) is 0 Å². The molecule has 3 heteroatoms. The highest BCUT2D eigenvalue weighted by Crippen LogP contribution is 2.51.